The largest absolute Gasteiger partial charge is 0.497 e. The van der Waals surface area contributed by atoms with Crippen LogP contribution in [0.1, 0.15) is 21.5 Å². The molecule has 1 amide bonds. The van der Waals surface area contributed by atoms with Gasteiger partial charge in [-0.2, -0.15) is 4.31 Å². The van der Waals surface area contributed by atoms with Crippen LogP contribution in [0.15, 0.2) is 77.7 Å². The van der Waals surface area contributed by atoms with Gasteiger partial charge in [0.1, 0.15) is 18.1 Å². The van der Waals surface area contributed by atoms with Gasteiger partial charge >= 0.3 is 0 Å². The first kappa shape index (κ1) is 23.8. The molecule has 0 unspecified atom stereocenters. The maximum absolute atomic E-state index is 13.3. The van der Waals surface area contributed by atoms with Crippen molar-refractivity contribution in [2.75, 3.05) is 33.9 Å². The van der Waals surface area contributed by atoms with Gasteiger partial charge in [0.05, 0.1) is 18.6 Å². The molecular formula is C26H28N2O5S. The Morgan fingerprint density at radius 2 is 1.68 bits per heavy atom. The van der Waals surface area contributed by atoms with Crippen molar-refractivity contribution in [2.24, 2.45) is 0 Å². The smallest absolute Gasteiger partial charge is 0.253 e. The molecule has 4 rings (SSSR count). The lowest BCUT2D eigenvalue weighted by Gasteiger charge is -2.28. The van der Waals surface area contributed by atoms with Crippen LogP contribution in [0.3, 0.4) is 0 Å². The van der Waals surface area contributed by atoms with Crippen LogP contribution >= 0.6 is 0 Å². The van der Waals surface area contributed by atoms with Crippen molar-refractivity contribution in [3.63, 3.8) is 0 Å². The maximum Gasteiger partial charge on any atom is 0.253 e. The summed E-state index contributed by atoms with van der Waals surface area (Å²) in [7, 11) is -0.449. The fraction of sp³-hybridized carbons (Fsp3) is 0.269. The average molecular weight is 481 g/mol. The molecule has 8 heteroatoms. The molecule has 0 radical (unpaired) electrons. The van der Waals surface area contributed by atoms with Crippen LogP contribution in [-0.2, 0) is 23.0 Å². The third kappa shape index (κ3) is 5.24. The van der Waals surface area contributed by atoms with Gasteiger partial charge in [-0.1, -0.05) is 30.3 Å². The standard InChI is InChI=1S/C26H28N2O5S/c1-27(16-17-33-24-12-10-23(32-2)11-13-24)26(29)21-8-5-9-25(18-21)34(30,31)28-15-14-20-6-3-4-7-22(20)19-28/h3-13,18H,14-17,19H2,1-2H3. The Morgan fingerprint density at radius 1 is 0.971 bits per heavy atom. The lowest BCUT2D eigenvalue weighted by molar-refractivity contribution is 0.0773. The lowest BCUT2D eigenvalue weighted by atomic mass is 10.0. The monoisotopic (exact) mass is 480 g/mol. The Balaban J connectivity index is 1.40. The molecule has 0 N–H and O–H groups in total. The molecule has 34 heavy (non-hydrogen) atoms. The summed E-state index contributed by atoms with van der Waals surface area (Å²) >= 11 is 0. The van der Waals surface area contributed by atoms with Gasteiger partial charge in [-0.25, -0.2) is 8.42 Å². The normalized spacial score (nSPS) is 13.7. The number of likely N-dealkylation sites (N-methyl/N-ethyl adjacent to an activating group) is 1. The number of carbonyl (C=O) groups is 1. The van der Waals surface area contributed by atoms with Gasteiger partial charge in [-0.15, -0.1) is 0 Å². The maximum atomic E-state index is 13.3. The first-order valence-electron chi connectivity index (χ1n) is 11.1. The molecule has 178 valence electrons. The van der Waals surface area contributed by atoms with Crippen LogP contribution in [0, 0.1) is 0 Å². The quantitative estimate of drug-likeness (QED) is 0.493. The summed E-state index contributed by atoms with van der Waals surface area (Å²) < 4.78 is 38.9. The van der Waals surface area contributed by atoms with E-state index in [9.17, 15) is 13.2 Å². The van der Waals surface area contributed by atoms with Crippen LogP contribution in [0.25, 0.3) is 0 Å². The first-order valence-corrected chi connectivity index (χ1v) is 12.5. The zero-order chi connectivity index (χ0) is 24.1. The second-order valence-electron chi connectivity index (χ2n) is 8.14. The van der Waals surface area contributed by atoms with E-state index < -0.39 is 10.0 Å². The Labute approximate surface area is 200 Å². The summed E-state index contributed by atoms with van der Waals surface area (Å²) in [5.74, 6) is 1.15. The first-order chi connectivity index (χ1) is 16.4. The summed E-state index contributed by atoms with van der Waals surface area (Å²) in [5, 5.41) is 0. The minimum Gasteiger partial charge on any atom is -0.497 e. The fourth-order valence-corrected chi connectivity index (χ4v) is 5.37. The molecule has 0 atom stereocenters. The van der Waals surface area contributed by atoms with E-state index in [-0.39, 0.29) is 10.8 Å². The van der Waals surface area contributed by atoms with Gasteiger partial charge in [0.25, 0.3) is 5.91 Å². The van der Waals surface area contributed by atoms with Crippen molar-refractivity contribution in [3.05, 3.63) is 89.5 Å². The Kier molecular flexibility index (Phi) is 7.19. The van der Waals surface area contributed by atoms with Gasteiger partial charge in [-0.05, 0) is 60.0 Å². The highest BCUT2D eigenvalue weighted by Gasteiger charge is 2.29. The zero-order valence-electron chi connectivity index (χ0n) is 19.3. The number of amides is 1. The molecule has 0 aromatic heterocycles. The predicted molar refractivity (Wildman–Crippen MR) is 130 cm³/mol. The number of nitrogens with zero attached hydrogens (tertiary/aromatic N) is 2. The van der Waals surface area contributed by atoms with Crippen LogP contribution < -0.4 is 9.47 Å². The third-order valence-electron chi connectivity index (χ3n) is 5.92. The predicted octanol–water partition coefficient (Wildman–Crippen LogP) is 3.59. The number of hydrogen-bond acceptors (Lipinski definition) is 5. The molecular weight excluding hydrogens is 452 g/mol. The molecule has 3 aromatic rings. The van der Waals surface area contributed by atoms with Crippen molar-refractivity contribution >= 4 is 15.9 Å². The van der Waals surface area contributed by atoms with Crippen LogP contribution in [0.2, 0.25) is 0 Å². The summed E-state index contributed by atoms with van der Waals surface area (Å²) in [5.41, 5.74) is 2.52. The van der Waals surface area contributed by atoms with Gasteiger partial charge in [-0.3, -0.25) is 4.79 Å². The molecule has 1 heterocycles. The third-order valence-corrected chi connectivity index (χ3v) is 7.76. The number of rotatable bonds is 8. The number of ether oxygens (including phenoxy) is 2. The van der Waals surface area contributed by atoms with Gasteiger partial charge in [0.2, 0.25) is 10.0 Å². The molecule has 0 spiro atoms. The van der Waals surface area contributed by atoms with E-state index >= 15 is 0 Å². The van der Waals surface area contributed by atoms with E-state index in [4.69, 9.17) is 9.47 Å². The van der Waals surface area contributed by atoms with Crippen LogP contribution in [0.4, 0.5) is 0 Å². The zero-order valence-corrected chi connectivity index (χ0v) is 20.1. The van der Waals surface area contributed by atoms with Crippen molar-refractivity contribution < 1.29 is 22.7 Å². The highest BCUT2D eigenvalue weighted by atomic mass is 32.2. The van der Waals surface area contributed by atoms with Crippen molar-refractivity contribution in [2.45, 2.75) is 17.9 Å². The van der Waals surface area contributed by atoms with Crippen molar-refractivity contribution in [1.82, 2.24) is 9.21 Å². The average Bonchev–Trinajstić information content (AvgIpc) is 2.88. The molecule has 3 aromatic carbocycles. The summed E-state index contributed by atoms with van der Waals surface area (Å²) in [4.78, 5) is 14.6. The molecule has 0 fully saturated rings. The van der Waals surface area contributed by atoms with Gasteiger partial charge < -0.3 is 14.4 Å². The van der Waals surface area contributed by atoms with Gasteiger partial charge in [0.15, 0.2) is 0 Å². The van der Waals surface area contributed by atoms with E-state index in [0.717, 1.165) is 11.3 Å². The number of methoxy groups -OCH3 is 1. The van der Waals surface area contributed by atoms with Crippen molar-refractivity contribution in [1.29, 1.82) is 0 Å². The minimum absolute atomic E-state index is 0.126. The van der Waals surface area contributed by atoms with Crippen LogP contribution in [0.5, 0.6) is 11.5 Å². The number of sulfonamides is 1. The second kappa shape index (κ2) is 10.3. The molecule has 7 nitrogen and oxygen atoms in total. The van der Waals surface area contributed by atoms with E-state index in [1.807, 2.05) is 24.3 Å². The van der Waals surface area contributed by atoms with Crippen LogP contribution in [-0.4, -0.2) is 57.4 Å². The molecule has 1 aliphatic rings. The summed E-state index contributed by atoms with van der Waals surface area (Å²) in [6.07, 6.45) is 0.672. The highest BCUT2D eigenvalue weighted by Crippen LogP contribution is 2.25. The van der Waals surface area contributed by atoms with E-state index in [2.05, 4.69) is 0 Å². The summed E-state index contributed by atoms with van der Waals surface area (Å²) in [6.45, 7) is 1.41. The number of carbonyl (C=O) groups excluding carboxylic acids is 1. The van der Waals surface area contributed by atoms with Gasteiger partial charge in [0, 0.05) is 25.7 Å². The second-order valence-corrected chi connectivity index (χ2v) is 10.1. The molecule has 0 saturated heterocycles. The SMILES string of the molecule is COc1ccc(OCCN(C)C(=O)c2cccc(S(=O)(=O)N3CCc4ccccc4C3)c2)cc1. The van der Waals surface area contributed by atoms with Crippen molar-refractivity contribution in [3.8, 4) is 11.5 Å². The van der Waals surface area contributed by atoms with E-state index in [0.29, 0.717) is 44.0 Å². The topological polar surface area (TPSA) is 76.1 Å². The number of fused-ring (bicyclic) bond motifs is 1. The van der Waals surface area contributed by atoms with E-state index in [1.54, 1.807) is 56.6 Å². The molecule has 0 bridgehead atoms. The molecule has 1 aliphatic heterocycles. The van der Waals surface area contributed by atoms with E-state index in [1.165, 1.54) is 20.8 Å². The number of hydrogen-bond donors (Lipinski definition) is 0. The number of benzene rings is 3. The lowest BCUT2D eigenvalue weighted by Crippen LogP contribution is -2.36. The molecule has 0 aliphatic carbocycles. The minimum atomic E-state index is -3.72. The Morgan fingerprint density at radius 3 is 2.41 bits per heavy atom. The fourth-order valence-electron chi connectivity index (χ4n) is 3.91. The Hall–Kier alpha value is -3.36. The Bertz CT molecular complexity index is 1260. The molecule has 0 saturated carbocycles. The highest BCUT2D eigenvalue weighted by molar-refractivity contribution is 7.89. The summed E-state index contributed by atoms with van der Waals surface area (Å²) in [6, 6.07) is 21.3.